The van der Waals surface area contributed by atoms with E-state index in [0.717, 1.165) is 19.6 Å². The molecule has 0 radical (unpaired) electrons. The maximum absolute atomic E-state index is 12.8. The summed E-state index contributed by atoms with van der Waals surface area (Å²) in [6.07, 6.45) is 1.54. The number of hydrogen-bond acceptors (Lipinski definition) is 7. The molecule has 1 N–H and O–H groups in total. The minimum Gasteiger partial charge on any atom is -0.462 e. The number of piperazine rings is 1. The molecule has 2 aromatic rings. The molecule has 0 saturated carbocycles. The quantitative estimate of drug-likeness (QED) is 0.765. The fourth-order valence-electron chi connectivity index (χ4n) is 3.07. The van der Waals surface area contributed by atoms with E-state index in [-0.39, 0.29) is 11.9 Å². The summed E-state index contributed by atoms with van der Waals surface area (Å²) < 4.78 is 5.08. The summed E-state index contributed by atoms with van der Waals surface area (Å²) in [4.78, 5) is 37.5. The third-order valence-corrected chi connectivity index (χ3v) is 4.65. The van der Waals surface area contributed by atoms with E-state index in [2.05, 4.69) is 27.1 Å². The Morgan fingerprint density at radius 2 is 1.86 bits per heavy atom. The zero-order chi connectivity index (χ0) is 19.9. The molecule has 8 heteroatoms. The zero-order valence-electron chi connectivity index (χ0n) is 16.2. The lowest BCUT2D eigenvalue weighted by atomic mass is 10.2. The summed E-state index contributed by atoms with van der Waals surface area (Å²) in [7, 11) is 0. The topological polar surface area (TPSA) is 87.7 Å². The highest BCUT2D eigenvalue weighted by molar-refractivity contribution is 5.96. The van der Waals surface area contributed by atoms with E-state index in [1.165, 1.54) is 6.20 Å². The van der Waals surface area contributed by atoms with Gasteiger partial charge in [0.25, 0.3) is 5.91 Å². The Morgan fingerprint density at radius 1 is 1.11 bits per heavy atom. The molecular formula is C20H25N5O3. The van der Waals surface area contributed by atoms with Crippen LogP contribution in [-0.2, 0) is 4.74 Å². The lowest BCUT2D eigenvalue weighted by Gasteiger charge is -2.33. The van der Waals surface area contributed by atoms with Crippen LogP contribution >= 0.6 is 0 Å². The van der Waals surface area contributed by atoms with Crippen LogP contribution in [-0.4, -0.2) is 71.0 Å². The minimum atomic E-state index is -0.424. The van der Waals surface area contributed by atoms with Crippen molar-refractivity contribution in [2.75, 3.05) is 44.6 Å². The maximum Gasteiger partial charge on any atom is 0.340 e. The highest BCUT2D eigenvalue weighted by Crippen LogP contribution is 2.20. The molecule has 0 atom stereocenters. The van der Waals surface area contributed by atoms with Crippen molar-refractivity contribution in [1.82, 2.24) is 19.8 Å². The summed E-state index contributed by atoms with van der Waals surface area (Å²) in [5.41, 5.74) is 1.25. The fourth-order valence-corrected chi connectivity index (χ4v) is 3.07. The Balaban J connectivity index is 1.74. The molecule has 28 heavy (non-hydrogen) atoms. The molecule has 1 saturated heterocycles. The number of likely N-dealkylation sites (N-methyl/N-ethyl adjacent to an activating group) is 1. The van der Waals surface area contributed by atoms with Gasteiger partial charge in [-0.15, -0.1) is 0 Å². The maximum atomic E-state index is 12.8. The van der Waals surface area contributed by atoms with E-state index in [4.69, 9.17) is 4.74 Å². The number of nitrogens with zero attached hydrogens (tertiary/aromatic N) is 4. The molecule has 1 amide bonds. The fraction of sp³-hybridized carbons (Fsp3) is 0.400. The second-order valence-corrected chi connectivity index (χ2v) is 6.38. The van der Waals surface area contributed by atoms with Crippen LogP contribution in [0, 0.1) is 0 Å². The first-order valence-electron chi connectivity index (χ1n) is 9.50. The molecule has 1 aromatic carbocycles. The normalized spacial score (nSPS) is 14.6. The third-order valence-electron chi connectivity index (χ3n) is 4.65. The second-order valence-electron chi connectivity index (χ2n) is 6.38. The van der Waals surface area contributed by atoms with Gasteiger partial charge in [0.05, 0.1) is 17.9 Å². The molecule has 0 unspecified atom stereocenters. The van der Waals surface area contributed by atoms with E-state index in [0.29, 0.717) is 36.6 Å². The van der Waals surface area contributed by atoms with Gasteiger partial charge in [0.15, 0.2) is 0 Å². The second kappa shape index (κ2) is 9.27. The molecule has 8 nitrogen and oxygen atoms in total. The Kier molecular flexibility index (Phi) is 6.54. The molecule has 1 aliphatic rings. The molecule has 148 valence electrons. The lowest BCUT2D eigenvalue weighted by Crippen LogP contribution is -2.48. The summed E-state index contributed by atoms with van der Waals surface area (Å²) in [5, 5.41) is 3.02. The van der Waals surface area contributed by atoms with Crippen LogP contribution in [0.15, 0.2) is 36.5 Å². The standard InChI is InChI=1S/C20H25N5O3/c1-3-24-11-13-25(14-12-24)18(26)17-9-10-21-20(23-17)22-16-8-6-5-7-15(16)19(27)28-4-2/h5-10H,3-4,11-14H2,1-2H3,(H,21,22,23). The van der Waals surface area contributed by atoms with Crippen LogP contribution in [0.1, 0.15) is 34.7 Å². The van der Waals surface area contributed by atoms with Crippen molar-refractivity contribution in [3.63, 3.8) is 0 Å². The Labute approximate surface area is 164 Å². The number of amides is 1. The Bertz CT molecular complexity index is 834. The first kappa shape index (κ1) is 19.8. The SMILES string of the molecule is CCOC(=O)c1ccccc1Nc1nccc(C(=O)N2CCN(CC)CC2)n1. The Morgan fingerprint density at radius 3 is 2.57 bits per heavy atom. The van der Waals surface area contributed by atoms with Gasteiger partial charge in [-0.1, -0.05) is 19.1 Å². The van der Waals surface area contributed by atoms with Gasteiger partial charge in [-0.05, 0) is 31.7 Å². The van der Waals surface area contributed by atoms with E-state index < -0.39 is 5.97 Å². The smallest absolute Gasteiger partial charge is 0.340 e. The molecule has 1 aliphatic heterocycles. The number of para-hydroxylation sites is 1. The van der Waals surface area contributed by atoms with Crippen LogP contribution < -0.4 is 5.32 Å². The van der Waals surface area contributed by atoms with Gasteiger partial charge in [0.2, 0.25) is 5.95 Å². The third kappa shape index (κ3) is 4.64. The van der Waals surface area contributed by atoms with Crippen LogP contribution in [0.3, 0.4) is 0 Å². The number of esters is 1. The lowest BCUT2D eigenvalue weighted by molar-refractivity contribution is 0.0527. The van der Waals surface area contributed by atoms with E-state index in [1.807, 2.05) is 4.90 Å². The number of rotatable bonds is 6. The average Bonchev–Trinajstić information content (AvgIpc) is 2.74. The number of aromatic nitrogens is 2. The summed E-state index contributed by atoms with van der Waals surface area (Å²) in [6.45, 7) is 8.26. The van der Waals surface area contributed by atoms with Crippen molar-refractivity contribution in [2.24, 2.45) is 0 Å². The van der Waals surface area contributed by atoms with Gasteiger partial charge in [0.1, 0.15) is 5.69 Å². The molecular weight excluding hydrogens is 358 g/mol. The number of benzene rings is 1. The van der Waals surface area contributed by atoms with Crippen molar-refractivity contribution >= 4 is 23.5 Å². The predicted molar refractivity (Wildman–Crippen MR) is 106 cm³/mol. The highest BCUT2D eigenvalue weighted by atomic mass is 16.5. The van der Waals surface area contributed by atoms with Crippen LogP contribution in [0.4, 0.5) is 11.6 Å². The summed E-state index contributed by atoms with van der Waals surface area (Å²) in [5.74, 6) is -0.277. The van der Waals surface area contributed by atoms with Crippen molar-refractivity contribution in [1.29, 1.82) is 0 Å². The van der Waals surface area contributed by atoms with Gasteiger partial charge < -0.3 is 19.9 Å². The average molecular weight is 383 g/mol. The van der Waals surface area contributed by atoms with E-state index >= 15 is 0 Å². The van der Waals surface area contributed by atoms with Crippen molar-refractivity contribution in [3.05, 3.63) is 47.8 Å². The van der Waals surface area contributed by atoms with Gasteiger partial charge in [-0.3, -0.25) is 4.79 Å². The molecule has 0 spiro atoms. The van der Waals surface area contributed by atoms with Gasteiger partial charge in [-0.25, -0.2) is 14.8 Å². The molecule has 1 fully saturated rings. The summed E-state index contributed by atoms with van der Waals surface area (Å²) in [6, 6.07) is 8.58. The Hall–Kier alpha value is -3.00. The van der Waals surface area contributed by atoms with Crippen molar-refractivity contribution in [3.8, 4) is 0 Å². The molecule has 1 aromatic heterocycles. The molecule has 0 aliphatic carbocycles. The zero-order valence-corrected chi connectivity index (χ0v) is 16.2. The van der Waals surface area contributed by atoms with E-state index in [9.17, 15) is 9.59 Å². The van der Waals surface area contributed by atoms with E-state index in [1.54, 1.807) is 37.3 Å². The number of anilines is 2. The van der Waals surface area contributed by atoms with Gasteiger partial charge in [0, 0.05) is 32.4 Å². The monoisotopic (exact) mass is 383 g/mol. The molecule has 2 heterocycles. The number of carbonyl (C=O) groups is 2. The van der Waals surface area contributed by atoms with Crippen molar-refractivity contribution in [2.45, 2.75) is 13.8 Å². The molecule has 3 rings (SSSR count). The predicted octanol–water partition coefficient (Wildman–Crippen LogP) is 2.17. The van der Waals surface area contributed by atoms with Crippen LogP contribution in [0.5, 0.6) is 0 Å². The van der Waals surface area contributed by atoms with Crippen molar-refractivity contribution < 1.29 is 14.3 Å². The first-order chi connectivity index (χ1) is 13.6. The minimum absolute atomic E-state index is 0.111. The summed E-state index contributed by atoms with van der Waals surface area (Å²) >= 11 is 0. The van der Waals surface area contributed by atoms with Crippen LogP contribution in [0.2, 0.25) is 0 Å². The first-order valence-corrected chi connectivity index (χ1v) is 9.50. The number of nitrogens with one attached hydrogen (secondary N) is 1. The van der Waals surface area contributed by atoms with Gasteiger partial charge in [-0.2, -0.15) is 0 Å². The largest absolute Gasteiger partial charge is 0.462 e. The number of carbonyl (C=O) groups excluding carboxylic acids is 2. The molecule has 0 bridgehead atoms. The highest BCUT2D eigenvalue weighted by Gasteiger charge is 2.22. The van der Waals surface area contributed by atoms with Crippen LogP contribution in [0.25, 0.3) is 0 Å². The number of hydrogen-bond donors (Lipinski definition) is 1. The number of ether oxygens (including phenoxy) is 1. The van der Waals surface area contributed by atoms with Gasteiger partial charge >= 0.3 is 5.97 Å².